The van der Waals surface area contributed by atoms with E-state index < -0.39 is 15.8 Å². The molecule has 0 aliphatic rings. The van der Waals surface area contributed by atoms with Crippen molar-refractivity contribution in [2.75, 3.05) is 4.72 Å². The topological polar surface area (TPSA) is 46.2 Å². The Balaban J connectivity index is 2.45. The van der Waals surface area contributed by atoms with Crippen LogP contribution in [0.1, 0.15) is 12.5 Å². The van der Waals surface area contributed by atoms with Crippen LogP contribution in [0.2, 0.25) is 5.02 Å². The van der Waals surface area contributed by atoms with Gasteiger partial charge in [0, 0.05) is 4.47 Å². The number of anilines is 1. The molecule has 0 saturated carbocycles. The van der Waals surface area contributed by atoms with E-state index in [-0.39, 0.29) is 9.92 Å². The molecule has 0 spiro atoms. The van der Waals surface area contributed by atoms with E-state index in [1.54, 1.807) is 12.1 Å². The summed E-state index contributed by atoms with van der Waals surface area (Å²) in [6, 6.07) is 8.42. The SMILES string of the molecule is CCc1cc(Br)ccc1NS(=O)(=O)c1cc(F)ccc1Cl. The van der Waals surface area contributed by atoms with Crippen molar-refractivity contribution in [1.82, 2.24) is 0 Å². The van der Waals surface area contributed by atoms with Crippen LogP contribution in [0.5, 0.6) is 0 Å². The van der Waals surface area contributed by atoms with Crippen molar-refractivity contribution >= 4 is 43.2 Å². The van der Waals surface area contributed by atoms with Gasteiger partial charge in [-0.3, -0.25) is 4.72 Å². The zero-order valence-electron chi connectivity index (χ0n) is 11.0. The summed E-state index contributed by atoms with van der Waals surface area (Å²) in [6.07, 6.45) is 0.647. The highest BCUT2D eigenvalue weighted by Gasteiger charge is 2.20. The van der Waals surface area contributed by atoms with E-state index >= 15 is 0 Å². The fourth-order valence-electron chi connectivity index (χ4n) is 1.84. The molecule has 0 aliphatic heterocycles. The van der Waals surface area contributed by atoms with E-state index in [2.05, 4.69) is 20.7 Å². The van der Waals surface area contributed by atoms with E-state index in [1.807, 2.05) is 13.0 Å². The van der Waals surface area contributed by atoms with Crippen molar-refractivity contribution in [3.05, 3.63) is 57.3 Å². The maximum atomic E-state index is 13.3. The molecule has 0 radical (unpaired) electrons. The third-order valence-corrected chi connectivity index (χ3v) is 5.22. The number of sulfonamides is 1. The molecule has 21 heavy (non-hydrogen) atoms. The summed E-state index contributed by atoms with van der Waals surface area (Å²) < 4.78 is 41.3. The normalized spacial score (nSPS) is 11.4. The molecule has 3 nitrogen and oxygen atoms in total. The molecule has 0 saturated heterocycles. The first-order valence-corrected chi connectivity index (χ1v) is 8.75. The predicted molar refractivity (Wildman–Crippen MR) is 85.7 cm³/mol. The lowest BCUT2D eigenvalue weighted by Gasteiger charge is -2.13. The van der Waals surface area contributed by atoms with Crippen LogP contribution >= 0.6 is 27.5 Å². The van der Waals surface area contributed by atoms with Crippen molar-refractivity contribution in [3.63, 3.8) is 0 Å². The number of nitrogens with one attached hydrogen (secondary N) is 1. The maximum absolute atomic E-state index is 13.3. The second-order valence-electron chi connectivity index (χ2n) is 4.34. The minimum atomic E-state index is -3.95. The molecule has 1 N–H and O–H groups in total. The smallest absolute Gasteiger partial charge is 0.263 e. The largest absolute Gasteiger partial charge is 0.279 e. The van der Waals surface area contributed by atoms with E-state index in [4.69, 9.17) is 11.6 Å². The van der Waals surface area contributed by atoms with Gasteiger partial charge in [0.25, 0.3) is 10.0 Å². The van der Waals surface area contributed by atoms with Crippen LogP contribution in [0.3, 0.4) is 0 Å². The third kappa shape index (κ3) is 3.75. The molecule has 0 amide bonds. The molecule has 0 heterocycles. The first-order valence-electron chi connectivity index (χ1n) is 6.10. The first-order chi connectivity index (χ1) is 9.83. The minimum Gasteiger partial charge on any atom is -0.279 e. The molecule has 0 unspecified atom stereocenters. The van der Waals surface area contributed by atoms with Gasteiger partial charge in [0.15, 0.2) is 0 Å². The number of benzene rings is 2. The summed E-state index contributed by atoms with van der Waals surface area (Å²) in [4.78, 5) is -0.283. The van der Waals surface area contributed by atoms with Crippen LogP contribution in [0, 0.1) is 5.82 Å². The van der Waals surface area contributed by atoms with Gasteiger partial charge in [-0.1, -0.05) is 34.5 Å². The lowest BCUT2D eigenvalue weighted by molar-refractivity contribution is 0.595. The number of aryl methyl sites for hydroxylation is 1. The van der Waals surface area contributed by atoms with Crippen molar-refractivity contribution in [1.29, 1.82) is 0 Å². The van der Waals surface area contributed by atoms with Gasteiger partial charge in [0.2, 0.25) is 0 Å². The molecule has 0 bridgehead atoms. The molecule has 2 rings (SSSR count). The monoisotopic (exact) mass is 391 g/mol. The second kappa shape index (κ2) is 6.34. The molecule has 0 fully saturated rings. The van der Waals surface area contributed by atoms with Crippen LogP contribution < -0.4 is 4.72 Å². The van der Waals surface area contributed by atoms with Gasteiger partial charge >= 0.3 is 0 Å². The molecule has 2 aromatic carbocycles. The molecular weight excluding hydrogens is 381 g/mol. The summed E-state index contributed by atoms with van der Waals surface area (Å²) in [5.74, 6) is -0.661. The van der Waals surface area contributed by atoms with Gasteiger partial charge in [-0.05, 0) is 48.4 Å². The van der Waals surface area contributed by atoms with Gasteiger partial charge in [0.1, 0.15) is 10.7 Å². The van der Waals surface area contributed by atoms with Crippen LogP contribution in [0.4, 0.5) is 10.1 Å². The third-order valence-electron chi connectivity index (χ3n) is 2.88. The summed E-state index contributed by atoms with van der Waals surface area (Å²) in [7, 11) is -3.95. The number of rotatable bonds is 4. The fourth-order valence-corrected chi connectivity index (χ4v) is 3.86. The Morgan fingerprint density at radius 1 is 1.24 bits per heavy atom. The molecular formula is C14H12BrClFNO2S. The van der Waals surface area contributed by atoms with Crippen LogP contribution in [0.25, 0.3) is 0 Å². The quantitative estimate of drug-likeness (QED) is 0.826. The van der Waals surface area contributed by atoms with Gasteiger partial charge in [-0.25, -0.2) is 12.8 Å². The van der Waals surface area contributed by atoms with Gasteiger partial charge in [-0.15, -0.1) is 0 Å². The lowest BCUT2D eigenvalue weighted by Crippen LogP contribution is -2.15. The van der Waals surface area contributed by atoms with Crippen molar-refractivity contribution in [3.8, 4) is 0 Å². The molecule has 0 aliphatic carbocycles. The summed E-state index contributed by atoms with van der Waals surface area (Å²) in [5.41, 5.74) is 1.27. The van der Waals surface area contributed by atoms with E-state index in [0.717, 1.165) is 22.2 Å². The second-order valence-corrected chi connectivity index (χ2v) is 7.31. The Morgan fingerprint density at radius 2 is 1.95 bits per heavy atom. The van der Waals surface area contributed by atoms with Crippen LogP contribution in [-0.4, -0.2) is 8.42 Å². The van der Waals surface area contributed by atoms with Crippen molar-refractivity contribution < 1.29 is 12.8 Å². The lowest BCUT2D eigenvalue weighted by atomic mass is 10.1. The van der Waals surface area contributed by atoms with E-state index in [0.29, 0.717) is 12.1 Å². The molecule has 0 atom stereocenters. The number of hydrogen-bond acceptors (Lipinski definition) is 2. The highest BCUT2D eigenvalue weighted by atomic mass is 79.9. The Hall–Kier alpha value is -1.11. The van der Waals surface area contributed by atoms with Crippen molar-refractivity contribution in [2.45, 2.75) is 18.2 Å². The average molecular weight is 393 g/mol. The van der Waals surface area contributed by atoms with Crippen molar-refractivity contribution in [2.24, 2.45) is 0 Å². The van der Waals surface area contributed by atoms with Crippen LogP contribution in [0.15, 0.2) is 45.8 Å². The van der Waals surface area contributed by atoms with E-state index in [9.17, 15) is 12.8 Å². The zero-order valence-corrected chi connectivity index (χ0v) is 14.2. The van der Waals surface area contributed by atoms with Crippen LogP contribution in [-0.2, 0) is 16.4 Å². The van der Waals surface area contributed by atoms with Gasteiger partial charge < -0.3 is 0 Å². The Kier molecular flexibility index (Phi) is 4.91. The van der Waals surface area contributed by atoms with Gasteiger partial charge in [-0.2, -0.15) is 0 Å². The maximum Gasteiger partial charge on any atom is 0.263 e. The summed E-state index contributed by atoms with van der Waals surface area (Å²) in [6.45, 7) is 1.91. The number of hydrogen-bond donors (Lipinski definition) is 1. The summed E-state index contributed by atoms with van der Waals surface area (Å²) >= 11 is 9.19. The standard InChI is InChI=1S/C14H12BrClFNO2S/c1-2-9-7-10(15)3-6-13(9)18-21(19,20)14-8-11(17)4-5-12(14)16/h3-8,18H,2H2,1H3. The average Bonchev–Trinajstić information content (AvgIpc) is 2.43. The Morgan fingerprint density at radius 3 is 2.62 bits per heavy atom. The Labute approximate surface area is 136 Å². The predicted octanol–water partition coefficient (Wildman–Crippen LogP) is 4.60. The number of halogens is 3. The molecule has 2 aromatic rings. The molecule has 7 heteroatoms. The highest BCUT2D eigenvalue weighted by Crippen LogP contribution is 2.27. The molecule has 0 aromatic heterocycles. The van der Waals surface area contributed by atoms with E-state index in [1.165, 1.54) is 6.07 Å². The first kappa shape index (κ1) is 16.3. The fraction of sp³-hybridized carbons (Fsp3) is 0.143. The Bertz CT molecular complexity index is 781. The molecule has 112 valence electrons. The zero-order chi connectivity index (χ0) is 15.6. The highest BCUT2D eigenvalue weighted by molar-refractivity contribution is 9.10. The summed E-state index contributed by atoms with van der Waals surface area (Å²) in [5, 5.41) is -0.0286. The minimum absolute atomic E-state index is 0.0286. The van der Waals surface area contributed by atoms with Gasteiger partial charge in [0.05, 0.1) is 10.7 Å².